The van der Waals surface area contributed by atoms with Crippen LogP contribution in [-0.4, -0.2) is 24.5 Å². The molecule has 1 heterocycles. The average Bonchev–Trinajstić information content (AvgIpc) is 2.93. The molecule has 0 bridgehead atoms. The molecule has 11 heteroatoms. The van der Waals surface area contributed by atoms with Crippen LogP contribution in [-0.2, 0) is 23.1 Å². The molecular formula is C18H14ClF3N2O4S. The van der Waals surface area contributed by atoms with Gasteiger partial charge in [0.2, 0.25) is 0 Å². The van der Waals surface area contributed by atoms with Gasteiger partial charge >= 0.3 is 6.18 Å². The molecule has 2 aromatic carbocycles. The number of rotatable bonds is 4. The molecule has 3 rings (SSSR count). The molecule has 3 aromatic rings. The molecule has 0 aliphatic rings. The van der Waals surface area contributed by atoms with E-state index >= 15 is 0 Å². The quantitative estimate of drug-likeness (QED) is 0.649. The van der Waals surface area contributed by atoms with E-state index in [0.717, 1.165) is 24.5 Å². The number of H-pyrrole nitrogens is 1. The summed E-state index contributed by atoms with van der Waals surface area (Å²) in [7, 11) is -1.99. The van der Waals surface area contributed by atoms with Gasteiger partial charge in [0.05, 0.1) is 21.0 Å². The van der Waals surface area contributed by atoms with Crippen LogP contribution in [0.5, 0.6) is 11.5 Å². The van der Waals surface area contributed by atoms with Crippen molar-refractivity contribution in [1.82, 2.24) is 9.78 Å². The summed E-state index contributed by atoms with van der Waals surface area (Å²) in [5, 5.41) is 2.33. The van der Waals surface area contributed by atoms with Crippen LogP contribution in [0.25, 0.3) is 11.1 Å². The molecule has 1 N–H and O–H groups in total. The Morgan fingerprint density at radius 2 is 1.83 bits per heavy atom. The molecule has 0 radical (unpaired) electrons. The fourth-order valence-corrected chi connectivity index (χ4v) is 3.54. The second kappa shape index (κ2) is 7.27. The molecule has 6 nitrogen and oxygen atoms in total. The highest BCUT2D eigenvalue weighted by Gasteiger charge is 2.32. The van der Waals surface area contributed by atoms with E-state index in [-0.39, 0.29) is 32.5 Å². The molecule has 0 amide bonds. The SMILES string of the molecule is Cn1cc(-c2cc(Oc3ccc(S(C)(=O)=O)cc3Cl)cc(C(F)(F)F)c2)c(=O)[nH]1. The van der Waals surface area contributed by atoms with E-state index in [2.05, 4.69) is 5.10 Å². The lowest BCUT2D eigenvalue weighted by Gasteiger charge is -2.13. The Morgan fingerprint density at radius 1 is 1.14 bits per heavy atom. The smallest absolute Gasteiger partial charge is 0.416 e. The van der Waals surface area contributed by atoms with Crippen LogP contribution in [0, 0.1) is 0 Å². The van der Waals surface area contributed by atoms with E-state index in [0.29, 0.717) is 0 Å². The Bertz CT molecular complexity index is 1250. The van der Waals surface area contributed by atoms with E-state index in [4.69, 9.17) is 16.3 Å². The maximum atomic E-state index is 13.3. The zero-order valence-electron chi connectivity index (χ0n) is 15.0. The molecular weight excluding hydrogens is 433 g/mol. The monoisotopic (exact) mass is 446 g/mol. The normalized spacial score (nSPS) is 12.2. The van der Waals surface area contributed by atoms with Crippen molar-refractivity contribution in [1.29, 1.82) is 0 Å². The number of ether oxygens (including phenoxy) is 1. The third-order valence-electron chi connectivity index (χ3n) is 3.95. The van der Waals surface area contributed by atoms with Crippen LogP contribution >= 0.6 is 11.6 Å². The number of aromatic amines is 1. The Hall–Kier alpha value is -2.72. The highest BCUT2D eigenvalue weighted by Crippen LogP contribution is 2.38. The fraction of sp³-hybridized carbons (Fsp3) is 0.167. The minimum absolute atomic E-state index is 0.000513. The van der Waals surface area contributed by atoms with Gasteiger partial charge in [0, 0.05) is 19.5 Å². The summed E-state index contributed by atoms with van der Waals surface area (Å²) in [6.07, 6.45) is -2.33. The lowest BCUT2D eigenvalue weighted by atomic mass is 10.0. The van der Waals surface area contributed by atoms with Gasteiger partial charge in [-0.25, -0.2) is 8.42 Å². The van der Waals surface area contributed by atoms with E-state index < -0.39 is 27.1 Å². The van der Waals surface area contributed by atoms with Crippen LogP contribution in [0.3, 0.4) is 0 Å². The second-order valence-corrected chi connectivity index (χ2v) is 8.73. The van der Waals surface area contributed by atoms with E-state index in [1.54, 1.807) is 0 Å². The zero-order chi connectivity index (χ0) is 21.6. The van der Waals surface area contributed by atoms with Gasteiger partial charge in [-0.2, -0.15) is 13.2 Å². The first kappa shape index (κ1) is 21.0. The number of benzene rings is 2. The maximum absolute atomic E-state index is 13.3. The summed E-state index contributed by atoms with van der Waals surface area (Å²) < 4.78 is 70.0. The molecule has 0 fully saturated rings. The fourth-order valence-electron chi connectivity index (χ4n) is 2.61. The standard InChI is InChI=1S/C18H14ClF3N2O4S/c1-24-9-14(17(25)23-24)10-5-11(18(20,21)22)7-12(6-10)28-16-4-3-13(8-15(16)19)29(2,26)27/h3-9H,1-2H3,(H,23,25). The Kier molecular flexibility index (Phi) is 5.26. The lowest BCUT2D eigenvalue weighted by molar-refractivity contribution is -0.137. The first-order valence-corrected chi connectivity index (χ1v) is 10.3. The largest absolute Gasteiger partial charge is 0.456 e. The molecule has 1 aromatic heterocycles. The molecule has 0 unspecified atom stereocenters. The van der Waals surface area contributed by atoms with Crippen molar-refractivity contribution in [2.24, 2.45) is 7.05 Å². The molecule has 0 aliphatic heterocycles. The highest BCUT2D eigenvalue weighted by atomic mass is 35.5. The number of nitrogens with one attached hydrogen (secondary N) is 1. The minimum Gasteiger partial charge on any atom is -0.456 e. The van der Waals surface area contributed by atoms with Gasteiger partial charge in [-0.1, -0.05) is 11.6 Å². The number of halogens is 4. The lowest BCUT2D eigenvalue weighted by Crippen LogP contribution is -2.07. The number of nitrogens with zero attached hydrogens (tertiary/aromatic N) is 1. The zero-order valence-corrected chi connectivity index (χ0v) is 16.6. The summed E-state index contributed by atoms with van der Waals surface area (Å²) in [6.45, 7) is 0. The Morgan fingerprint density at radius 3 is 2.34 bits per heavy atom. The van der Waals surface area contributed by atoms with Crippen molar-refractivity contribution < 1.29 is 26.3 Å². The number of alkyl halides is 3. The van der Waals surface area contributed by atoms with Crippen LogP contribution in [0.2, 0.25) is 5.02 Å². The van der Waals surface area contributed by atoms with Crippen molar-refractivity contribution in [2.75, 3.05) is 6.26 Å². The van der Waals surface area contributed by atoms with Crippen molar-refractivity contribution in [3.63, 3.8) is 0 Å². The van der Waals surface area contributed by atoms with Gasteiger partial charge in [-0.05, 0) is 42.0 Å². The van der Waals surface area contributed by atoms with Gasteiger partial charge in [-0.15, -0.1) is 0 Å². The predicted molar refractivity (Wildman–Crippen MR) is 101 cm³/mol. The van der Waals surface area contributed by atoms with Crippen LogP contribution in [0.15, 0.2) is 52.3 Å². The van der Waals surface area contributed by atoms with E-state index in [1.807, 2.05) is 0 Å². The van der Waals surface area contributed by atoms with Gasteiger partial charge in [0.25, 0.3) is 5.56 Å². The summed E-state index contributed by atoms with van der Waals surface area (Å²) in [5.74, 6) is -0.251. The first-order valence-electron chi connectivity index (χ1n) is 8.00. The minimum atomic E-state index is -4.68. The van der Waals surface area contributed by atoms with Gasteiger partial charge in [0.1, 0.15) is 11.5 Å². The third-order valence-corrected chi connectivity index (χ3v) is 5.36. The summed E-state index contributed by atoms with van der Waals surface area (Å²) >= 11 is 6.03. The molecule has 154 valence electrons. The van der Waals surface area contributed by atoms with Crippen LogP contribution < -0.4 is 10.3 Å². The molecule has 0 saturated heterocycles. The molecule has 0 aliphatic carbocycles. The highest BCUT2D eigenvalue weighted by molar-refractivity contribution is 7.90. The topological polar surface area (TPSA) is 81.2 Å². The van der Waals surface area contributed by atoms with E-state index in [9.17, 15) is 26.4 Å². The Labute approximate surface area is 168 Å². The second-order valence-electron chi connectivity index (χ2n) is 6.30. The number of aromatic nitrogens is 2. The van der Waals surface area contributed by atoms with Crippen molar-refractivity contribution in [2.45, 2.75) is 11.1 Å². The summed E-state index contributed by atoms with van der Waals surface area (Å²) in [6, 6.07) is 6.48. The average molecular weight is 447 g/mol. The van der Waals surface area contributed by atoms with Gasteiger partial charge in [-0.3, -0.25) is 14.6 Å². The van der Waals surface area contributed by atoms with Gasteiger partial charge < -0.3 is 4.74 Å². The Balaban J connectivity index is 2.09. The van der Waals surface area contributed by atoms with Crippen molar-refractivity contribution in [3.8, 4) is 22.6 Å². The first-order chi connectivity index (χ1) is 13.3. The van der Waals surface area contributed by atoms with Crippen LogP contribution in [0.4, 0.5) is 13.2 Å². The number of hydrogen-bond donors (Lipinski definition) is 1. The molecule has 0 spiro atoms. The number of sulfone groups is 1. The molecule has 0 atom stereocenters. The summed E-state index contributed by atoms with van der Waals surface area (Å²) in [4.78, 5) is 11.9. The van der Waals surface area contributed by atoms with Crippen molar-refractivity contribution in [3.05, 3.63) is 63.5 Å². The van der Waals surface area contributed by atoms with Crippen molar-refractivity contribution >= 4 is 21.4 Å². The number of aryl methyl sites for hydroxylation is 1. The third kappa shape index (κ3) is 4.65. The molecule has 0 saturated carbocycles. The number of hydrogen-bond acceptors (Lipinski definition) is 4. The molecule has 29 heavy (non-hydrogen) atoms. The van der Waals surface area contributed by atoms with Crippen LogP contribution in [0.1, 0.15) is 5.56 Å². The maximum Gasteiger partial charge on any atom is 0.416 e. The summed E-state index contributed by atoms with van der Waals surface area (Å²) in [5.41, 5.74) is -1.55. The predicted octanol–water partition coefficient (Wildman–Crippen LogP) is 4.25. The van der Waals surface area contributed by atoms with Gasteiger partial charge in [0.15, 0.2) is 9.84 Å². The van der Waals surface area contributed by atoms with E-state index in [1.165, 1.54) is 36.1 Å².